The quantitative estimate of drug-likeness (QED) is 0.940. The van der Waals surface area contributed by atoms with Crippen molar-refractivity contribution in [2.45, 2.75) is 25.2 Å². The van der Waals surface area contributed by atoms with E-state index in [-0.39, 0.29) is 29.6 Å². The summed E-state index contributed by atoms with van der Waals surface area (Å²) in [4.78, 5) is 24.9. The molecule has 22 heavy (non-hydrogen) atoms. The average molecular weight is 304 g/mol. The smallest absolute Gasteiger partial charge is 0.280 e. The number of likely N-dealkylation sites (tertiary alicyclic amines) is 1. The second-order valence-electron chi connectivity index (χ2n) is 5.53. The van der Waals surface area contributed by atoms with Crippen molar-refractivity contribution < 1.29 is 13.7 Å². The molecule has 1 aromatic carbocycles. The normalized spacial score (nSPS) is 17.9. The number of amides is 1. The van der Waals surface area contributed by atoms with E-state index in [0.29, 0.717) is 30.8 Å². The van der Waals surface area contributed by atoms with E-state index in [9.17, 15) is 14.0 Å². The highest BCUT2D eigenvalue weighted by Crippen LogP contribution is 2.29. The molecule has 1 aliphatic rings. The third-order valence-corrected chi connectivity index (χ3v) is 4.05. The Morgan fingerprint density at radius 2 is 2.23 bits per heavy atom. The number of benzene rings is 1. The van der Waals surface area contributed by atoms with E-state index in [1.165, 1.54) is 12.1 Å². The van der Waals surface area contributed by atoms with E-state index in [1.807, 2.05) is 6.07 Å². The molecule has 1 aromatic heterocycles. The zero-order valence-corrected chi connectivity index (χ0v) is 12.0. The lowest BCUT2D eigenvalue weighted by Crippen LogP contribution is -2.28. The second-order valence-corrected chi connectivity index (χ2v) is 5.53. The lowest BCUT2D eigenvalue weighted by atomic mass is 9.98. The first-order chi connectivity index (χ1) is 10.6. The summed E-state index contributed by atoms with van der Waals surface area (Å²) >= 11 is 0. The summed E-state index contributed by atoms with van der Waals surface area (Å²) in [5, 5.41) is 2.20. The predicted molar refractivity (Wildman–Crippen MR) is 78.0 cm³/mol. The standard InChI is InChI=1S/C16H17FN2O3/c17-14-4-2-1-3-13(14)11-7-8-19(10-11)16(21)6-5-12-9-15(20)18-22-12/h1-4,9,11H,5-8,10H2,(H,18,20)/t11-/m0/s1. The van der Waals surface area contributed by atoms with Gasteiger partial charge in [-0.25, -0.2) is 4.39 Å². The monoisotopic (exact) mass is 304 g/mol. The Morgan fingerprint density at radius 1 is 1.41 bits per heavy atom. The third-order valence-electron chi connectivity index (χ3n) is 4.05. The van der Waals surface area contributed by atoms with Crippen molar-refractivity contribution in [3.05, 3.63) is 57.8 Å². The third kappa shape index (κ3) is 3.10. The molecule has 0 unspecified atom stereocenters. The molecular formula is C16H17FN2O3. The summed E-state index contributed by atoms with van der Waals surface area (Å²) in [6.07, 6.45) is 1.44. The highest BCUT2D eigenvalue weighted by molar-refractivity contribution is 5.76. The van der Waals surface area contributed by atoms with Gasteiger partial charge in [0.1, 0.15) is 11.6 Å². The highest BCUT2D eigenvalue weighted by atomic mass is 19.1. The molecule has 1 fully saturated rings. The van der Waals surface area contributed by atoms with E-state index in [1.54, 1.807) is 17.0 Å². The first kappa shape index (κ1) is 14.6. The molecule has 0 saturated carbocycles. The number of H-pyrrole nitrogens is 1. The van der Waals surface area contributed by atoms with Gasteiger partial charge in [-0.1, -0.05) is 18.2 Å². The lowest BCUT2D eigenvalue weighted by molar-refractivity contribution is -0.130. The fraction of sp³-hybridized carbons (Fsp3) is 0.375. The van der Waals surface area contributed by atoms with E-state index >= 15 is 0 Å². The topological polar surface area (TPSA) is 66.3 Å². The van der Waals surface area contributed by atoms with Crippen LogP contribution in [0.1, 0.15) is 30.1 Å². The first-order valence-corrected chi connectivity index (χ1v) is 7.33. The maximum atomic E-state index is 13.8. The number of nitrogens with one attached hydrogen (secondary N) is 1. The number of hydrogen-bond acceptors (Lipinski definition) is 3. The molecule has 0 spiro atoms. The van der Waals surface area contributed by atoms with Gasteiger partial charge in [0.2, 0.25) is 5.91 Å². The van der Waals surface area contributed by atoms with Crippen LogP contribution in [-0.2, 0) is 11.2 Å². The SMILES string of the molecule is O=C(CCc1cc(=O)[nH]o1)N1CC[C@H](c2ccccc2F)C1. The maximum Gasteiger partial charge on any atom is 0.280 e. The second kappa shape index (κ2) is 6.17. The molecule has 0 bridgehead atoms. The van der Waals surface area contributed by atoms with Gasteiger partial charge in [-0.15, -0.1) is 0 Å². The maximum absolute atomic E-state index is 13.8. The van der Waals surface area contributed by atoms with Crippen LogP contribution < -0.4 is 5.56 Å². The van der Waals surface area contributed by atoms with Gasteiger partial charge in [-0.05, 0) is 18.1 Å². The molecule has 1 amide bonds. The van der Waals surface area contributed by atoms with E-state index in [4.69, 9.17) is 4.52 Å². The number of halogens is 1. The largest absolute Gasteiger partial charge is 0.384 e. The summed E-state index contributed by atoms with van der Waals surface area (Å²) in [6.45, 7) is 1.17. The van der Waals surface area contributed by atoms with Gasteiger partial charge < -0.3 is 9.42 Å². The number of carbonyl (C=O) groups excluding carboxylic acids is 1. The van der Waals surface area contributed by atoms with E-state index in [0.717, 1.165) is 6.42 Å². The Hall–Kier alpha value is -2.37. The molecule has 5 nitrogen and oxygen atoms in total. The Kier molecular flexibility index (Phi) is 4.09. The summed E-state index contributed by atoms with van der Waals surface area (Å²) < 4.78 is 18.7. The highest BCUT2D eigenvalue weighted by Gasteiger charge is 2.28. The molecule has 6 heteroatoms. The number of hydrogen-bond donors (Lipinski definition) is 1. The summed E-state index contributed by atoms with van der Waals surface area (Å²) in [5.74, 6) is 0.317. The fourth-order valence-corrected chi connectivity index (χ4v) is 2.88. The number of aromatic nitrogens is 1. The number of nitrogens with zero attached hydrogens (tertiary/aromatic N) is 1. The van der Waals surface area contributed by atoms with E-state index in [2.05, 4.69) is 5.16 Å². The van der Waals surface area contributed by atoms with Gasteiger partial charge in [0.15, 0.2) is 0 Å². The van der Waals surface area contributed by atoms with Crippen LogP contribution in [0.25, 0.3) is 0 Å². The van der Waals surface area contributed by atoms with Crippen LogP contribution in [0.3, 0.4) is 0 Å². The van der Waals surface area contributed by atoms with Crippen LogP contribution in [0, 0.1) is 5.82 Å². The fourth-order valence-electron chi connectivity index (χ4n) is 2.88. The van der Waals surface area contributed by atoms with Crippen molar-refractivity contribution in [2.24, 2.45) is 0 Å². The van der Waals surface area contributed by atoms with Crippen LogP contribution in [0.15, 0.2) is 39.6 Å². The minimum Gasteiger partial charge on any atom is -0.384 e. The first-order valence-electron chi connectivity index (χ1n) is 7.33. The van der Waals surface area contributed by atoms with E-state index < -0.39 is 0 Å². The van der Waals surface area contributed by atoms with Crippen molar-refractivity contribution in [3.8, 4) is 0 Å². The average Bonchev–Trinajstić information content (AvgIpc) is 3.14. The molecular weight excluding hydrogens is 287 g/mol. The van der Waals surface area contributed by atoms with Crippen LogP contribution in [-0.4, -0.2) is 29.1 Å². The summed E-state index contributed by atoms with van der Waals surface area (Å²) in [7, 11) is 0. The Labute approximate surface area is 126 Å². The van der Waals surface area contributed by atoms with Crippen LogP contribution in [0.5, 0.6) is 0 Å². The summed E-state index contributed by atoms with van der Waals surface area (Å²) in [6, 6.07) is 8.06. The van der Waals surface area contributed by atoms with Crippen molar-refractivity contribution >= 4 is 5.91 Å². The Morgan fingerprint density at radius 3 is 2.95 bits per heavy atom. The van der Waals surface area contributed by atoms with Gasteiger partial charge in [0.25, 0.3) is 5.56 Å². The van der Waals surface area contributed by atoms with Gasteiger partial charge >= 0.3 is 0 Å². The van der Waals surface area contributed by atoms with Gasteiger partial charge in [0.05, 0.1) is 0 Å². The van der Waals surface area contributed by atoms with Crippen molar-refractivity contribution in [1.29, 1.82) is 0 Å². The molecule has 0 radical (unpaired) electrons. The molecule has 1 aliphatic heterocycles. The lowest BCUT2D eigenvalue weighted by Gasteiger charge is -2.16. The minimum absolute atomic E-state index is 0.00249. The number of aromatic amines is 1. The van der Waals surface area contributed by atoms with Crippen LogP contribution >= 0.6 is 0 Å². The molecule has 1 atom stereocenters. The van der Waals surface area contributed by atoms with Gasteiger partial charge in [-0.3, -0.25) is 9.59 Å². The predicted octanol–water partition coefficient (Wildman–Crippen LogP) is 2.06. The molecule has 1 N–H and O–H groups in total. The number of aryl methyl sites for hydroxylation is 1. The summed E-state index contributed by atoms with van der Waals surface area (Å²) in [5.41, 5.74) is 0.373. The zero-order valence-electron chi connectivity index (χ0n) is 12.0. The Balaban J connectivity index is 1.57. The zero-order chi connectivity index (χ0) is 15.5. The Bertz CT molecular complexity index is 722. The molecule has 3 rings (SSSR count). The van der Waals surface area contributed by atoms with Crippen LogP contribution in [0.2, 0.25) is 0 Å². The van der Waals surface area contributed by atoms with Crippen molar-refractivity contribution in [3.63, 3.8) is 0 Å². The van der Waals surface area contributed by atoms with Crippen LogP contribution in [0.4, 0.5) is 4.39 Å². The molecule has 0 aliphatic carbocycles. The van der Waals surface area contributed by atoms with Crippen molar-refractivity contribution in [1.82, 2.24) is 10.1 Å². The molecule has 1 saturated heterocycles. The number of carbonyl (C=O) groups is 1. The minimum atomic E-state index is -0.303. The molecule has 2 heterocycles. The van der Waals surface area contributed by atoms with Gasteiger partial charge in [0, 0.05) is 37.9 Å². The molecule has 2 aromatic rings. The number of rotatable bonds is 4. The molecule has 116 valence electrons. The van der Waals surface area contributed by atoms with Crippen molar-refractivity contribution in [2.75, 3.05) is 13.1 Å². The van der Waals surface area contributed by atoms with Gasteiger partial charge in [-0.2, -0.15) is 5.16 Å².